The number of carbonyl (C=O) groups is 1. The van der Waals surface area contributed by atoms with E-state index in [0.29, 0.717) is 31.7 Å². The van der Waals surface area contributed by atoms with E-state index < -0.39 is 6.10 Å². The molecule has 0 aromatic carbocycles. The second-order valence-electron chi connectivity index (χ2n) is 5.64. The molecular weight excluding hydrogens is 300 g/mol. The fourth-order valence-corrected chi connectivity index (χ4v) is 3.43. The molecule has 0 spiro atoms. The van der Waals surface area contributed by atoms with Crippen LogP contribution in [0.15, 0.2) is 11.6 Å². The summed E-state index contributed by atoms with van der Waals surface area (Å²) in [6.07, 6.45) is 0.696. The lowest BCUT2D eigenvalue weighted by Gasteiger charge is -2.27. The standard InChI is InChI=1S/C15H20N4O2S/c1-10-14(22-9-16-10)3-4-15(21)18-5-6-19-12(8-18)7-13(17-19)11(2)20/h7,9,11,20H,3-6,8H2,1-2H3/t11-/m1/s1. The predicted molar refractivity (Wildman–Crippen MR) is 83.4 cm³/mol. The molecule has 1 aliphatic heterocycles. The molecule has 2 aromatic heterocycles. The summed E-state index contributed by atoms with van der Waals surface area (Å²) in [5, 5.41) is 14.0. The first-order valence-electron chi connectivity index (χ1n) is 7.46. The van der Waals surface area contributed by atoms with Gasteiger partial charge >= 0.3 is 0 Å². The lowest BCUT2D eigenvalue weighted by atomic mass is 10.2. The van der Waals surface area contributed by atoms with E-state index in [2.05, 4.69) is 10.1 Å². The largest absolute Gasteiger partial charge is 0.387 e. The molecule has 22 heavy (non-hydrogen) atoms. The van der Waals surface area contributed by atoms with Crippen LogP contribution in [0.5, 0.6) is 0 Å². The lowest BCUT2D eigenvalue weighted by Crippen LogP contribution is -2.38. The number of carbonyl (C=O) groups excluding carboxylic acids is 1. The third-order valence-corrected chi connectivity index (χ3v) is 5.00. The minimum atomic E-state index is -0.573. The lowest BCUT2D eigenvalue weighted by molar-refractivity contribution is -0.132. The van der Waals surface area contributed by atoms with Crippen molar-refractivity contribution in [3.8, 4) is 0 Å². The summed E-state index contributed by atoms with van der Waals surface area (Å²) in [4.78, 5) is 19.7. The van der Waals surface area contributed by atoms with Gasteiger partial charge in [0.05, 0.1) is 41.8 Å². The molecular formula is C15H20N4O2S. The highest BCUT2D eigenvalue weighted by atomic mass is 32.1. The number of hydrogen-bond donors (Lipinski definition) is 1. The summed E-state index contributed by atoms with van der Waals surface area (Å²) in [7, 11) is 0. The van der Waals surface area contributed by atoms with Crippen LogP contribution < -0.4 is 0 Å². The van der Waals surface area contributed by atoms with E-state index in [1.165, 1.54) is 4.88 Å². The molecule has 0 bridgehead atoms. The monoisotopic (exact) mass is 320 g/mol. The Morgan fingerprint density at radius 2 is 2.32 bits per heavy atom. The summed E-state index contributed by atoms with van der Waals surface area (Å²) in [6, 6.07) is 1.89. The third kappa shape index (κ3) is 3.05. The average molecular weight is 320 g/mol. The zero-order chi connectivity index (χ0) is 15.7. The Hall–Kier alpha value is -1.73. The fourth-order valence-electron chi connectivity index (χ4n) is 2.65. The molecule has 0 aliphatic carbocycles. The van der Waals surface area contributed by atoms with Gasteiger partial charge in [0.1, 0.15) is 0 Å². The number of nitrogens with zero attached hydrogens (tertiary/aromatic N) is 4. The van der Waals surface area contributed by atoms with Crippen molar-refractivity contribution >= 4 is 17.2 Å². The topological polar surface area (TPSA) is 71.2 Å². The van der Waals surface area contributed by atoms with Gasteiger partial charge in [0.2, 0.25) is 5.91 Å². The van der Waals surface area contributed by atoms with Gasteiger partial charge in [-0.05, 0) is 26.3 Å². The molecule has 0 fully saturated rings. The van der Waals surface area contributed by atoms with Crippen molar-refractivity contribution in [1.29, 1.82) is 0 Å². The summed E-state index contributed by atoms with van der Waals surface area (Å²) < 4.78 is 1.89. The van der Waals surface area contributed by atoms with E-state index in [0.717, 1.165) is 17.8 Å². The Morgan fingerprint density at radius 3 is 3.00 bits per heavy atom. The molecule has 1 amide bonds. The summed E-state index contributed by atoms with van der Waals surface area (Å²) in [5.74, 6) is 0.166. The number of aryl methyl sites for hydroxylation is 2. The zero-order valence-electron chi connectivity index (χ0n) is 12.8. The Morgan fingerprint density at radius 1 is 1.50 bits per heavy atom. The van der Waals surface area contributed by atoms with Gasteiger partial charge in [-0.1, -0.05) is 0 Å². The second-order valence-corrected chi connectivity index (χ2v) is 6.58. The number of rotatable bonds is 4. The normalized spacial score (nSPS) is 15.7. The minimum Gasteiger partial charge on any atom is -0.387 e. The van der Waals surface area contributed by atoms with Gasteiger partial charge < -0.3 is 10.0 Å². The minimum absolute atomic E-state index is 0.166. The molecule has 1 aliphatic rings. The van der Waals surface area contributed by atoms with Gasteiger partial charge in [-0.3, -0.25) is 9.48 Å². The van der Waals surface area contributed by atoms with Crippen molar-refractivity contribution in [3.63, 3.8) is 0 Å². The van der Waals surface area contributed by atoms with Crippen LogP contribution in [0.1, 0.15) is 41.4 Å². The third-order valence-electron chi connectivity index (χ3n) is 4.01. The number of aliphatic hydroxyl groups excluding tert-OH is 1. The van der Waals surface area contributed by atoms with Crippen LogP contribution in [0.25, 0.3) is 0 Å². The SMILES string of the molecule is Cc1ncsc1CCC(=O)N1CCn2nc([C@@H](C)O)cc2C1. The highest BCUT2D eigenvalue weighted by molar-refractivity contribution is 7.09. The van der Waals surface area contributed by atoms with Crippen LogP contribution in [0.3, 0.4) is 0 Å². The Kier molecular flexibility index (Phi) is 4.26. The maximum absolute atomic E-state index is 12.4. The van der Waals surface area contributed by atoms with Gasteiger partial charge in [0, 0.05) is 17.8 Å². The van der Waals surface area contributed by atoms with Crippen LogP contribution in [0.2, 0.25) is 0 Å². The molecule has 2 aromatic rings. The quantitative estimate of drug-likeness (QED) is 0.930. The number of thiazole rings is 1. The maximum atomic E-state index is 12.4. The van der Waals surface area contributed by atoms with Gasteiger partial charge in [-0.25, -0.2) is 4.98 Å². The van der Waals surface area contributed by atoms with Gasteiger partial charge in [-0.2, -0.15) is 5.10 Å². The highest BCUT2D eigenvalue weighted by Crippen LogP contribution is 2.20. The first-order valence-corrected chi connectivity index (χ1v) is 8.34. The van der Waals surface area contributed by atoms with Crippen molar-refractivity contribution in [2.24, 2.45) is 0 Å². The van der Waals surface area contributed by atoms with Crippen molar-refractivity contribution in [2.45, 2.75) is 45.9 Å². The summed E-state index contributed by atoms with van der Waals surface area (Å²) in [5.41, 5.74) is 4.51. The Balaban J connectivity index is 1.61. The number of aromatic nitrogens is 3. The number of fused-ring (bicyclic) bond motifs is 1. The molecule has 3 heterocycles. The number of amides is 1. The summed E-state index contributed by atoms with van der Waals surface area (Å²) >= 11 is 1.61. The molecule has 7 heteroatoms. The predicted octanol–water partition coefficient (Wildman–Crippen LogP) is 1.68. The zero-order valence-corrected chi connectivity index (χ0v) is 13.6. The second kappa shape index (κ2) is 6.18. The van der Waals surface area contributed by atoms with Crippen LogP contribution >= 0.6 is 11.3 Å². The maximum Gasteiger partial charge on any atom is 0.223 e. The first-order chi connectivity index (χ1) is 10.5. The molecule has 0 saturated carbocycles. The fraction of sp³-hybridized carbons (Fsp3) is 0.533. The molecule has 3 rings (SSSR count). The van der Waals surface area contributed by atoms with Crippen molar-refractivity contribution in [1.82, 2.24) is 19.7 Å². The van der Waals surface area contributed by atoms with Gasteiger partial charge in [-0.15, -0.1) is 11.3 Å². The van der Waals surface area contributed by atoms with Crippen LogP contribution in [-0.4, -0.2) is 37.2 Å². The van der Waals surface area contributed by atoms with Crippen LogP contribution in [0.4, 0.5) is 0 Å². The smallest absolute Gasteiger partial charge is 0.223 e. The average Bonchev–Trinajstić information content (AvgIpc) is 3.09. The van der Waals surface area contributed by atoms with E-state index in [9.17, 15) is 9.90 Å². The van der Waals surface area contributed by atoms with E-state index >= 15 is 0 Å². The van der Waals surface area contributed by atoms with E-state index in [1.54, 1.807) is 18.3 Å². The van der Waals surface area contributed by atoms with Crippen molar-refractivity contribution < 1.29 is 9.90 Å². The molecule has 6 nitrogen and oxygen atoms in total. The first kappa shape index (κ1) is 15.2. The van der Waals surface area contributed by atoms with Gasteiger partial charge in [0.25, 0.3) is 0 Å². The molecule has 1 N–H and O–H groups in total. The molecule has 0 radical (unpaired) electrons. The van der Waals surface area contributed by atoms with Crippen LogP contribution in [0, 0.1) is 6.92 Å². The molecule has 0 unspecified atom stereocenters. The van der Waals surface area contributed by atoms with Crippen molar-refractivity contribution in [2.75, 3.05) is 6.54 Å². The summed E-state index contributed by atoms with van der Waals surface area (Å²) in [6.45, 7) is 5.62. The number of aliphatic hydroxyl groups is 1. The van der Waals surface area contributed by atoms with Gasteiger partial charge in [0.15, 0.2) is 0 Å². The molecule has 1 atom stereocenters. The van der Waals surface area contributed by atoms with E-state index in [4.69, 9.17) is 0 Å². The van der Waals surface area contributed by atoms with Crippen molar-refractivity contribution in [3.05, 3.63) is 33.5 Å². The molecule has 118 valence electrons. The highest BCUT2D eigenvalue weighted by Gasteiger charge is 2.23. The Labute approximate surface area is 133 Å². The van der Waals surface area contributed by atoms with E-state index in [-0.39, 0.29) is 5.91 Å². The number of hydrogen-bond acceptors (Lipinski definition) is 5. The van der Waals surface area contributed by atoms with E-state index in [1.807, 2.05) is 28.1 Å². The molecule has 0 saturated heterocycles. The van der Waals surface area contributed by atoms with Crippen LogP contribution in [-0.2, 0) is 24.3 Å². The Bertz CT molecular complexity index is 677.